The predicted octanol–water partition coefficient (Wildman–Crippen LogP) is 1.67. The molecule has 19 heavy (non-hydrogen) atoms. The van der Waals surface area contributed by atoms with Crippen molar-refractivity contribution < 1.29 is 4.42 Å². The quantitative estimate of drug-likeness (QED) is 0.823. The highest BCUT2D eigenvalue weighted by Gasteiger charge is 2.31. The van der Waals surface area contributed by atoms with E-state index in [2.05, 4.69) is 34.1 Å². The number of imidazole rings is 1. The second-order valence-electron chi connectivity index (χ2n) is 5.31. The van der Waals surface area contributed by atoms with E-state index in [0.717, 1.165) is 24.6 Å². The Bertz CT molecular complexity index is 561. The summed E-state index contributed by atoms with van der Waals surface area (Å²) in [6.45, 7) is 3.36. The molecular weight excluding hydrogens is 242 g/mol. The molecule has 2 atom stereocenters. The van der Waals surface area contributed by atoms with Crippen LogP contribution in [0.5, 0.6) is 0 Å². The Balaban J connectivity index is 1.87. The summed E-state index contributed by atoms with van der Waals surface area (Å²) in [5.74, 6) is 1.62. The number of nitrogens with zero attached hydrogens (tertiary/aromatic N) is 5. The topological polar surface area (TPSA) is 60.0 Å². The first kappa shape index (κ1) is 12.3. The van der Waals surface area contributed by atoms with Crippen LogP contribution in [0.25, 0.3) is 11.6 Å². The Morgan fingerprint density at radius 2 is 2.16 bits per heavy atom. The van der Waals surface area contributed by atoms with Crippen LogP contribution in [0.1, 0.15) is 31.6 Å². The highest BCUT2D eigenvalue weighted by molar-refractivity contribution is 5.44. The number of aromatic nitrogens is 4. The summed E-state index contributed by atoms with van der Waals surface area (Å²) in [6, 6.07) is 0.439. The van der Waals surface area contributed by atoms with Crippen molar-refractivity contribution in [1.82, 2.24) is 24.6 Å². The summed E-state index contributed by atoms with van der Waals surface area (Å²) in [4.78, 5) is 6.42. The molecule has 6 heteroatoms. The molecule has 0 aliphatic carbocycles. The van der Waals surface area contributed by atoms with Gasteiger partial charge in [-0.05, 0) is 33.4 Å². The fraction of sp³-hybridized carbons (Fsp3) is 0.615. The minimum Gasteiger partial charge on any atom is -0.419 e. The minimum absolute atomic E-state index is 0.327. The Morgan fingerprint density at radius 3 is 2.89 bits per heavy atom. The van der Waals surface area contributed by atoms with Gasteiger partial charge in [-0.15, -0.1) is 10.2 Å². The van der Waals surface area contributed by atoms with E-state index in [9.17, 15) is 0 Å². The molecule has 0 N–H and O–H groups in total. The van der Waals surface area contributed by atoms with Crippen molar-refractivity contribution in [1.29, 1.82) is 0 Å². The van der Waals surface area contributed by atoms with Crippen molar-refractivity contribution in [2.75, 3.05) is 13.6 Å². The van der Waals surface area contributed by atoms with Crippen LogP contribution in [0.4, 0.5) is 0 Å². The second kappa shape index (κ2) is 4.77. The van der Waals surface area contributed by atoms with Crippen molar-refractivity contribution in [3.63, 3.8) is 0 Å². The first-order valence-corrected chi connectivity index (χ1v) is 6.67. The van der Waals surface area contributed by atoms with Crippen LogP contribution in [0.2, 0.25) is 0 Å². The largest absolute Gasteiger partial charge is 0.419 e. The van der Waals surface area contributed by atoms with Gasteiger partial charge in [0.1, 0.15) is 5.69 Å². The van der Waals surface area contributed by atoms with Gasteiger partial charge in [-0.2, -0.15) is 0 Å². The summed E-state index contributed by atoms with van der Waals surface area (Å²) in [7, 11) is 4.07. The SMILES string of the molecule is C[C@H]1[C@@H](c2nnc(-c3cncn3C)o2)CCCN1C. The van der Waals surface area contributed by atoms with Gasteiger partial charge in [-0.3, -0.25) is 0 Å². The lowest BCUT2D eigenvalue weighted by molar-refractivity contribution is 0.158. The molecule has 3 rings (SSSR count). The Hall–Kier alpha value is -1.69. The standard InChI is InChI=1S/C13H19N5O/c1-9-10(5-4-6-17(9)2)12-15-16-13(19-12)11-7-14-8-18(11)3/h7-10H,4-6H2,1-3H3/t9-,10-/m0/s1. The molecule has 0 amide bonds. The molecule has 6 nitrogen and oxygen atoms in total. The summed E-state index contributed by atoms with van der Waals surface area (Å²) in [5, 5.41) is 8.40. The Labute approximate surface area is 112 Å². The van der Waals surface area contributed by atoms with E-state index in [4.69, 9.17) is 4.42 Å². The number of aryl methyl sites for hydroxylation is 1. The molecule has 2 aromatic heterocycles. The molecule has 0 bridgehead atoms. The monoisotopic (exact) mass is 261 g/mol. The molecule has 0 radical (unpaired) electrons. The van der Waals surface area contributed by atoms with Crippen molar-refractivity contribution in [2.24, 2.45) is 7.05 Å². The summed E-state index contributed by atoms with van der Waals surface area (Å²) < 4.78 is 7.74. The minimum atomic E-state index is 0.327. The smallest absolute Gasteiger partial charge is 0.265 e. The first-order chi connectivity index (χ1) is 9.16. The van der Waals surface area contributed by atoms with Gasteiger partial charge in [-0.1, -0.05) is 0 Å². The lowest BCUT2D eigenvalue weighted by Gasteiger charge is -2.34. The van der Waals surface area contributed by atoms with Crippen molar-refractivity contribution in [3.05, 3.63) is 18.4 Å². The molecule has 0 aromatic carbocycles. The third kappa shape index (κ3) is 2.16. The molecule has 0 unspecified atom stereocenters. The molecule has 0 spiro atoms. The molecule has 1 aliphatic rings. The Morgan fingerprint density at radius 1 is 1.32 bits per heavy atom. The third-order valence-corrected chi connectivity index (χ3v) is 4.10. The van der Waals surface area contributed by atoms with Gasteiger partial charge >= 0.3 is 0 Å². The van der Waals surface area contributed by atoms with Gasteiger partial charge in [0.25, 0.3) is 5.89 Å². The van der Waals surface area contributed by atoms with E-state index >= 15 is 0 Å². The number of rotatable bonds is 2. The van der Waals surface area contributed by atoms with Gasteiger partial charge in [0.05, 0.1) is 18.4 Å². The van der Waals surface area contributed by atoms with Crippen LogP contribution in [-0.4, -0.2) is 44.3 Å². The summed E-state index contributed by atoms with van der Waals surface area (Å²) in [5.41, 5.74) is 0.857. The number of piperidine rings is 1. The molecule has 102 valence electrons. The summed E-state index contributed by atoms with van der Waals surface area (Å²) in [6.07, 6.45) is 5.76. The van der Waals surface area contributed by atoms with Gasteiger partial charge in [0.15, 0.2) is 0 Å². The maximum absolute atomic E-state index is 5.86. The number of likely N-dealkylation sites (N-methyl/N-ethyl adjacent to an activating group) is 1. The van der Waals surface area contributed by atoms with E-state index in [1.165, 1.54) is 6.42 Å². The average Bonchev–Trinajstić information content (AvgIpc) is 3.01. The fourth-order valence-corrected chi connectivity index (χ4v) is 2.69. The maximum atomic E-state index is 5.86. The molecule has 1 aliphatic heterocycles. The third-order valence-electron chi connectivity index (χ3n) is 4.10. The van der Waals surface area contributed by atoms with Crippen LogP contribution in [0.15, 0.2) is 16.9 Å². The average molecular weight is 261 g/mol. The summed E-state index contributed by atoms with van der Waals surface area (Å²) >= 11 is 0. The number of likely N-dealkylation sites (tertiary alicyclic amines) is 1. The zero-order valence-electron chi connectivity index (χ0n) is 11.6. The van der Waals surface area contributed by atoms with Crippen LogP contribution in [0.3, 0.4) is 0 Å². The van der Waals surface area contributed by atoms with Crippen molar-refractivity contribution >= 4 is 0 Å². The zero-order chi connectivity index (χ0) is 13.4. The van der Waals surface area contributed by atoms with Crippen LogP contribution < -0.4 is 0 Å². The van der Waals surface area contributed by atoms with Crippen molar-refractivity contribution in [2.45, 2.75) is 31.7 Å². The van der Waals surface area contributed by atoms with Gasteiger partial charge < -0.3 is 13.9 Å². The van der Waals surface area contributed by atoms with Crippen LogP contribution in [0, 0.1) is 0 Å². The highest BCUT2D eigenvalue weighted by Crippen LogP contribution is 2.32. The Kier molecular flexibility index (Phi) is 3.10. The van der Waals surface area contributed by atoms with Crippen LogP contribution in [-0.2, 0) is 7.05 Å². The molecule has 1 fully saturated rings. The van der Waals surface area contributed by atoms with E-state index in [0.29, 0.717) is 17.9 Å². The fourth-order valence-electron chi connectivity index (χ4n) is 2.69. The van der Waals surface area contributed by atoms with Gasteiger partial charge in [0.2, 0.25) is 5.89 Å². The van der Waals surface area contributed by atoms with Gasteiger partial charge in [0, 0.05) is 13.1 Å². The molecule has 1 saturated heterocycles. The lowest BCUT2D eigenvalue weighted by atomic mass is 9.90. The number of hydrogen-bond acceptors (Lipinski definition) is 5. The first-order valence-electron chi connectivity index (χ1n) is 6.67. The normalized spacial score (nSPS) is 24.8. The molecule has 0 saturated carbocycles. The van der Waals surface area contributed by atoms with Crippen LogP contribution >= 0.6 is 0 Å². The molecule has 2 aromatic rings. The van der Waals surface area contributed by atoms with Crippen molar-refractivity contribution in [3.8, 4) is 11.6 Å². The molecule has 3 heterocycles. The van der Waals surface area contributed by atoms with Gasteiger partial charge in [-0.25, -0.2) is 4.98 Å². The van der Waals surface area contributed by atoms with E-state index in [1.807, 2.05) is 11.6 Å². The van der Waals surface area contributed by atoms with E-state index < -0.39 is 0 Å². The lowest BCUT2D eigenvalue weighted by Crippen LogP contribution is -2.39. The highest BCUT2D eigenvalue weighted by atomic mass is 16.4. The van der Waals surface area contributed by atoms with E-state index in [-0.39, 0.29) is 0 Å². The zero-order valence-corrected chi connectivity index (χ0v) is 11.6. The molecular formula is C13H19N5O. The van der Waals surface area contributed by atoms with E-state index in [1.54, 1.807) is 12.5 Å². The predicted molar refractivity (Wildman–Crippen MR) is 70.6 cm³/mol. The number of hydrogen-bond donors (Lipinski definition) is 0. The maximum Gasteiger partial charge on any atom is 0.265 e. The second-order valence-corrected chi connectivity index (χ2v) is 5.31.